The van der Waals surface area contributed by atoms with Crippen molar-refractivity contribution in [3.05, 3.63) is 35.4 Å². The first-order chi connectivity index (χ1) is 8.71. The molecule has 0 amide bonds. The summed E-state index contributed by atoms with van der Waals surface area (Å²) in [6.45, 7) is 0. The van der Waals surface area contributed by atoms with E-state index in [0.717, 1.165) is 0 Å². The van der Waals surface area contributed by atoms with Gasteiger partial charge >= 0.3 is 0 Å². The summed E-state index contributed by atoms with van der Waals surface area (Å²) in [5.41, 5.74) is 0. The summed E-state index contributed by atoms with van der Waals surface area (Å²) in [5.74, 6) is 1.85. The number of nitrogens with zero attached hydrogens (tertiary/aromatic N) is 2. The maximum absolute atomic E-state index is 5.90. The van der Waals surface area contributed by atoms with Crippen LogP contribution in [0, 0.1) is 0 Å². The van der Waals surface area contributed by atoms with E-state index < -0.39 is 0 Å². The van der Waals surface area contributed by atoms with E-state index in [4.69, 9.17) is 16.3 Å². The number of anilines is 1. The topological polar surface area (TPSA) is 47.0 Å². The fourth-order valence-corrected chi connectivity index (χ4v) is 1.88. The third-order valence-corrected chi connectivity index (χ3v) is 2.92. The van der Waals surface area contributed by atoms with Crippen molar-refractivity contribution in [2.75, 3.05) is 18.6 Å². The third-order valence-electron chi connectivity index (χ3n) is 2.14. The van der Waals surface area contributed by atoms with E-state index in [-0.39, 0.29) is 0 Å². The Hall–Kier alpha value is -1.46. The molecule has 2 aromatic rings. The Kier molecular flexibility index (Phi) is 4.28. The lowest BCUT2D eigenvalue weighted by Gasteiger charge is -2.08. The molecule has 1 heterocycles. The van der Waals surface area contributed by atoms with Crippen molar-refractivity contribution < 1.29 is 4.74 Å². The smallest absolute Gasteiger partial charge is 0.225 e. The van der Waals surface area contributed by atoms with E-state index >= 15 is 0 Å². The van der Waals surface area contributed by atoms with Crippen molar-refractivity contribution in [1.29, 1.82) is 0 Å². The number of rotatable bonds is 4. The van der Waals surface area contributed by atoms with Crippen LogP contribution in [0.5, 0.6) is 11.6 Å². The van der Waals surface area contributed by atoms with Gasteiger partial charge in [0.1, 0.15) is 11.6 Å². The van der Waals surface area contributed by atoms with Gasteiger partial charge in [-0.1, -0.05) is 29.4 Å². The first kappa shape index (κ1) is 13.0. The number of benzene rings is 1. The fraction of sp³-hybridized carbons (Fsp3) is 0.167. The van der Waals surface area contributed by atoms with Crippen molar-refractivity contribution in [1.82, 2.24) is 9.97 Å². The van der Waals surface area contributed by atoms with Crippen LogP contribution in [0.2, 0.25) is 5.02 Å². The highest BCUT2D eigenvalue weighted by molar-refractivity contribution is 7.98. The van der Waals surface area contributed by atoms with Gasteiger partial charge in [0.05, 0.1) is 0 Å². The molecule has 4 nitrogen and oxygen atoms in total. The normalized spacial score (nSPS) is 10.2. The molecule has 0 spiro atoms. The first-order valence-corrected chi connectivity index (χ1v) is 6.86. The van der Waals surface area contributed by atoms with Gasteiger partial charge in [0.25, 0.3) is 0 Å². The molecule has 2 rings (SSSR count). The molecule has 0 radical (unpaired) electrons. The largest absolute Gasteiger partial charge is 0.439 e. The zero-order valence-corrected chi connectivity index (χ0v) is 11.5. The van der Waals surface area contributed by atoms with Crippen LogP contribution >= 0.6 is 23.4 Å². The molecule has 0 aliphatic carbocycles. The summed E-state index contributed by atoms with van der Waals surface area (Å²) in [5, 5.41) is 4.25. The summed E-state index contributed by atoms with van der Waals surface area (Å²) >= 11 is 7.36. The molecular weight excluding hydrogens is 270 g/mol. The molecular formula is C12H12ClN3OS. The molecule has 0 aliphatic rings. The second kappa shape index (κ2) is 5.93. The maximum atomic E-state index is 5.90. The minimum atomic E-state index is 0.487. The van der Waals surface area contributed by atoms with Gasteiger partial charge in [-0.05, 0) is 24.5 Å². The van der Waals surface area contributed by atoms with Crippen molar-refractivity contribution in [3.63, 3.8) is 0 Å². The van der Waals surface area contributed by atoms with Gasteiger partial charge in [-0.25, -0.2) is 4.98 Å². The summed E-state index contributed by atoms with van der Waals surface area (Å²) in [6, 6.07) is 8.92. The molecule has 0 fully saturated rings. The predicted octanol–water partition coefficient (Wildman–Crippen LogP) is 3.69. The quantitative estimate of drug-likeness (QED) is 0.684. The van der Waals surface area contributed by atoms with E-state index in [2.05, 4.69) is 15.3 Å². The van der Waals surface area contributed by atoms with Crippen LogP contribution in [0.15, 0.2) is 35.5 Å². The van der Waals surface area contributed by atoms with Crippen molar-refractivity contribution in [2.45, 2.75) is 5.16 Å². The molecule has 0 aliphatic heterocycles. The molecule has 1 aromatic carbocycles. The molecule has 0 bridgehead atoms. The molecule has 94 valence electrons. The van der Waals surface area contributed by atoms with Crippen LogP contribution in [-0.4, -0.2) is 23.3 Å². The average molecular weight is 282 g/mol. The van der Waals surface area contributed by atoms with Crippen LogP contribution in [-0.2, 0) is 0 Å². The number of halogens is 1. The standard InChI is InChI=1S/C12H12ClN3OS/c1-14-10-7-11(16-12(15-10)18-2)17-9-5-3-4-8(13)6-9/h3-7H,1-2H3,(H,14,15,16). The van der Waals surface area contributed by atoms with Gasteiger partial charge in [-0.2, -0.15) is 4.98 Å². The zero-order valence-electron chi connectivity index (χ0n) is 9.98. The Balaban J connectivity index is 2.28. The minimum absolute atomic E-state index is 0.487. The Morgan fingerprint density at radius 2 is 2.11 bits per heavy atom. The second-order valence-corrected chi connectivity index (χ2v) is 4.60. The van der Waals surface area contributed by atoms with Gasteiger partial charge in [-0.3, -0.25) is 0 Å². The first-order valence-electron chi connectivity index (χ1n) is 5.25. The molecule has 0 atom stereocenters. The SMILES string of the molecule is CNc1cc(Oc2cccc(Cl)c2)nc(SC)n1. The van der Waals surface area contributed by atoms with E-state index in [1.807, 2.05) is 18.4 Å². The molecule has 1 aromatic heterocycles. The van der Waals surface area contributed by atoms with E-state index in [0.29, 0.717) is 27.6 Å². The Morgan fingerprint density at radius 3 is 2.78 bits per heavy atom. The summed E-state index contributed by atoms with van der Waals surface area (Å²) in [7, 11) is 1.80. The summed E-state index contributed by atoms with van der Waals surface area (Å²) in [6.07, 6.45) is 1.91. The zero-order chi connectivity index (χ0) is 13.0. The average Bonchev–Trinajstić information content (AvgIpc) is 2.38. The monoisotopic (exact) mass is 281 g/mol. The molecule has 6 heteroatoms. The molecule has 0 saturated heterocycles. The van der Waals surface area contributed by atoms with E-state index in [1.54, 1.807) is 25.2 Å². The van der Waals surface area contributed by atoms with Crippen LogP contribution < -0.4 is 10.1 Å². The molecule has 18 heavy (non-hydrogen) atoms. The highest BCUT2D eigenvalue weighted by atomic mass is 35.5. The predicted molar refractivity (Wildman–Crippen MR) is 74.9 cm³/mol. The van der Waals surface area contributed by atoms with Crippen molar-refractivity contribution >= 4 is 29.2 Å². The number of thioether (sulfide) groups is 1. The Bertz CT molecular complexity index is 528. The summed E-state index contributed by atoms with van der Waals surface area (Å²) in [4.78, 5) is 8.54. The van der Waals surface area contributed by atoms with Gasteiger partial charge < -0.3 is 10.1 Å². The third kappa shape index (κ3) is 3.27. The number of hydrogen-bond donors (Lipinski definition) is 1. The van der Waals surface area contributed by atoms with E-state index in [9.17, 15) is 0 Å². The molecule has 0 saturated carbocycles. The molecule has 0 unspecified atom stereocenters. The van der Waals surface area contributed by atoms with Crippen LogP contribution in [0.3, 0.4) is 0 Å². The number of ether oxygens (including phenoxy) is 1. The van der Waals surface area contributed by atoms with E-state index in [1.165, 1.54) is 11.8 Å². The maximum Gasteiger partial charge on any atom is 0.225 e. The number of aromatic nitrogens is 2. The van der Waals surface area contributed by atoms with Gasteiger partial charge in [0.15, 0.2) is 5.16 Å². The van der Waals surface area contributed by atoms with Crippen LogP contribution in [0.25, 0.3) is 0 Å². The molecule has 1 N–H and O–H groups in total. The highest BCUT2D eigenvalue weighted by Gasteiger charge is 2.05. The Morgan fingerprint density at radius 1 is 1.28 bits per heavy atom. The van der Waals surface area contributed by atoms with Crippen molar-refractivity contribution in [3.8, 4) is 11.6 Å². The van der Waals surface area contributed by atoms with Gasteiger partial charge in [-0.15, -0.1) is 0 Å². The summed E-state index contributed by atoms with van der Waals surface area (Å²) < 4.78 is 5.66. The minimum Gasteiger partial charge on any atom is -0.439 e. The number of nitrogens with one attached hydrogen (secondary N) is 1. The number of hydrogen-bond acceptors (Lipinski definition) is 5. The van der Waals surface area contributed by atoms with Crippen molar-refractivity contribution in [2.24, 2.45) is 0 Å². The van der Waals surface area contributed by atoms with Crippen LogP contribution in [0.1, 0.15) is 0 Å². The second-order valence-electron chi connectivity index (χ2n) is 3.39. The van der Waals surface area contributed by atoms with Gasteiger partial charge in [0.2, 0.25) is 5.88 Å². The van der Waals surface area contributed by atoms with Gasteiger partial charge in [0, 0.05) is 18.1 Å². The van der Waals surface area contributed by atoms with Crippen LogP contribution in [0.4, 0.5) is 5.82 Å². The fourth-order valence-electron chi connectivity index (χ4n) is 1.33. The Labute approximate surface area is 115 Å². The lowest BCUT2D eigenvalue weighted by Crippen LogP contribution is -1.98. The lowest BCUT2D eigenvalue weighted by molar-refractivity contribution is 0.456. The lowest BCUT2D eigenvalue weighted by atomic mass is 10.3. The highest BCUT2D eigenvalue weighted by Crippen LogP contribution is 2.25.